The van der Waals surface area contributed by atoms with Crippen molar-refractivity contribution in [3.05, 3.63) is 83.0 Å². The molecule has 0 spiro atoms. The van der Waals surface area contributed by atoms with Gasteiger partial charge in [-0.05, 0) is 68.6 Å². The second kappa shape index (κ2) is 14.9. The van der Waals surface area contributed by atoms with Gasteiger partial charge in [0, 0.05) is 19.3 Å². The number of benzene rings is 1. The van der Waals surface area contributed by atoms with Crippen LogP contribution in [-0.2, 0) is 17.6 Å². The molecule has 0 aliphatic heterocycles. The lowest BCUT2D eigenvalue weighted by Crippen LogP contribution is -2.18. The van der Waals surface area contributed by atoms with Crippen LogP contribution >= 0.6 is 11.8 Å². The van der Waals surface area contributed by atoms with Crippen LogP contribution in [0.3, 0.4) is 0 Å². The Kier molecular flexibility index (Phi) is 12.9. The molecule has 1 unspecified atom stereocenters. The van der Waals surface area contributed by atoms with E-state index in [4.69, 9.17) is 0 Å². The van der Waals surface area contributed by atoms with Crippen molar-refractivity contribution in [2.24, 2.45) is 0 Å². The Morgan fingerprint density at radius 3 is 2.37 bits per heavy atom. The van der Waals surface area contributed by atoms with Crippen LogP contribution in [0.1, 0.15) is 58.1 Å². The number of ketones is 1. The molecule has 1 aromatic rings. The predicted molar refractivity (Wildman–Crippen MR) is 135 cm³/mol. The third kappa shape index (κ3) is 11.3. The van der Waals surface area contributed by atoms with Gasteiger partial charge >= 0.3 is 0 Å². The van der Waals surface area contributed by atoms with Gasteiger partial charge in [0.1, 0.15) is 5.78 Å². The second-order valence-electron chi connectivity index (χ2n) is 7.87. The van der Waals surface area contributed by atoms with Crippen molar-refractivity contribution in [2.75, 3.05) is 13.6 Å². The molecule has 0 saturated carbocycles. The summed E-state index contributed by atoms with van der Waals surface area (Å²) in [6, 6.07) is 8.73. The minimum atomic E-state index is -0.0343. The number of hydrogen-bond acceptors (Lipinski definition) is 3. The monoisotopic (exact) mass is 425 g/mol. The van der Waals surface area contributed by atoms with Crippen molar-refractivity contribution in [1.29, 1.82) is 0 Å². The fourth-order valence-corrected chi connectivity index (χ4v) is 3.92. The molecule has 1 atom stereocenters. The van der Waals surface area contributed by atoms with E-state index < -0.39 is 0 Å². The summed E-state index contributed by atoms with van der Waals surface area (Å²) >= 11 is 1.57. The molecule has 0 fully saturated rings. The second-order valence-corrected chi connectivity index (χ2v) is 9.38. The molecule has 1 aromatic carbocycles. The van der Waals surface area contributed by atoms with Crippen molar-refractivity contribution < 1.29 is 4.79 Å². The van der Waals surface area contributed by atoms with Gasteiger partial charge in [0.25, 0.3) is 0 Å². The minimum absolute atomic E-state index is 0.0343. The van der Waals surface area contributed by atoms with E-state index in [1.807, 2.05) is 6.92 Å². The fourth-order valence-electron chi connectivity index (χ4n) is 2.99. The Labute approximate surface area is 188 Å². The standard InChI is InChI=1S/C27H39NOS/c1-7-8-9-10-11-12-14-23(4)28(6)20-13-15-25-16-18-26(19-17-25)21-27(24(5)29)30-22(2)3/h9-12,14,16-19,27H,2,7-8,13,15,20-21H2,1,3-6H3/b10-9+,12-11-,23-14+. The first kappa shape index (κ1) is 26.0. The zero-order valence-corrected chi connectivity index (χ0v) is 20.3. The Morgan fingerprint density at radius 2 is 1.77 bits per heavy atom. The molecular formula is C27H39NOS. The maximum Gasteiger partial charge on any atom is 0.143 e. The number of nitrogens with zero attached hydrogens (tertiary/aromatic N) is 1. The molecule has 0 heterocycles. The number of unbranched alkanes of at least 4 members (excludes halogenated alkanes) is 1. The molecule has 0 N–H and O–H groups in total. The lowest BCUT2D eigenvalue weighted by atomic mass is 10.0. The summed E-state index contributed by atoms with van der Waals surface area (Å²) in [5, 5.41) is -0.0343. The summed E-state index contributed by atoms with van der Waals surface area (Å²) in [5.41, 5.74) is 3.83. The average Bonchev–Trinajstić information content (AvgIpc) is 2.70. The van der Waals surface area contributed by atoms with Crippen LogP contribution in [0, 0.1) is 0 Å². The van der Waals surface area contributed by atoms with E-state index in [2.05, 4.69) is 87.0 Å². The number of Topliss-reactive ketones (excluding diaryl/α,β-unsaturated/α-hetero) is 1. The highest BCUT2D eigenvalue weighted by Gasteiger charge is 2.15. The minimum Gasteiger partial charge on any atom is -0.378 e. The summed E-state index contributed by atoms with van der Waals surface area (Å²) in [6.45, 7) is 12.9. The first-order valence-corrected chi connectivity index (χ1v) is 11.8. The Morgan fingerprint density at radius 1 is 1.10 bits per heavy atom. The third-order valence-corrected chi connectivity index (χ3v) is 6.14. The molecule has 2 nitrogen and oxygen atoms in total. The Hall–Kier alpha value is -2.00. The highest BCUT2D eigenvalue weighted by Crippen LogP contribution is 2.24. The maximum atomic E-state index is 11.9. The molecule has 0 aliphatic rings. The van der Waals surface area contributed by atoms with Crippen LogP contribution in [0.4, 0.5) is 0 Å². The van der Waals surface area contributed by atoms with Crippen molar-refractivity contribution in [1.82, 2.24) is 4.90 Å². The Balaban J connectivity index is 2.46. The van der Waals surface area contributed by atoms with Gasteiger partial charge in [0.15, 0.2) is 0 Å². The quantitative estimate of drug-likeness (QED) is 0.296. The van der Waals surface area contributed by atoms with Gasteiger partial charge in [-0.2, -0.15) is 0 Å². The van der Waals surface area contributed by atoms with Crippen LogP contribution < -0.4 is 0 Å². The molecule has 0 aromatic heterocycles. The topological polar surface area (TPSA) is 20.3 Å². The number of rotatable bonds is 14. The highest BCUT2D eigenvalue weighted by atomic mass is 32.2. The number of allylic oxidation sites excluding steroid dienone is 7. The number of thioether (sulfide) groups is 1. The molecule has 0 radical (unpaired) electrons. The van der Waals surface area contributed by atoms with Crippen molar-refractivity contribution in [3.63, 3.8) is 0 Å². The van der Waals surface area contributed by atoms with Crippen molar-refractivity contribution in [2.45, 2.75) is 65.0 Å². The van der Waals surface area contributed by atoms with Gasteiger partial charge in [0.2, 0.25) is 0 Å². The van der Waals surface area contributed by atoms with Crippen LogP contribution in [0.5, 0.6) is 0 Å². The summed E-state index contributed by atoms with van der Waals surface area (Å²) in [7, 11) is 2.15. The van der Waals surface area contributed by atoms with Crippen LogP contribution in [0.25, 0.3) is 0 Å². The maximum absolute atomic E-state index is 11.9. The highest BCUT2D eigenvalue weighted by molar-refractivity contribution is 8.04. The van der Waals surface area contributed by atoms with E-state index in [0.29, 0.717) is 0 Å². The van der Waals surface area contributed by atoms with E-state index in [1.165, 1.54) is 23.2 Å². The van der Waals surface area contributed by atoms with E-state index >= 15 is 0 Å². The zero-order chi connectivity index (χ0) is 22.4. The van der Waals surface area contributed by atoms with Gasteiger partial charge < -0.3 is 4.90 Å². The first-order chi connectivity index (χ1) is 14.3. The lowest BCUT2D eigenvalue weighted by Gasteiger charge is -2.19. The molecule has 1 rings (SSSR count). The van der Waals surface area contributed by atoms with Crippen molar-refractivity contribution >= 4 is 17.5 Å². The fraction of sp³-hybridized carbons (Fsp3) is 0.444. The van der Waals surface area contributed by atoms with Gasteiger partial charge in [-0.3, -0.25) is 4.79 Å². The van der Waals surface area contributed by atoms with E-state index in [-0.39, 0.29) is 11.0 Å². The summed E-state index contributed by atoms with van der Waals surface area (Å²) in [6.07, 6.45) is 16.0. The molecule has 0 saturated heterocycles. The van der Waals surface area contributed by atoms with E-state index in [0.717, 1.165) is 37.1 Å². The largest absolute Gasteiger partial charge is 0.378 e. The molecular weight excluding hydrogens is 386 g/mol. The predicted octanol–water partition coefficient (Wildman–Crippen LogP) is 7.13. The molecule has 164 valence electrons. The molecule has 0 aliphatic carbocycles. The van der Waals surface area contributed by atoms with Crippen molar-refractivity contribution in [3.8, 4) is 0 Å². The summed E-state index contributed by atoms with van der Waals surface area (Å²) in [5.74, 6) is 0.213. The number of carbonyl (C=O) groups is 1. The third-order valence-electron chi connectivity index (χ3n) is 4.95. The Bertz CT molecular complexity index is 743. The number of hydrogen-bond donors (Lipinski definition) is 0. The van der Waals surface area contributed by atoms with E-state index in [1.54, 1.807) is 18.7 Å². The lowest BCUT2D eigenvalue weighted by molar-refractivity contribution is -0.116. The molecule has 0 bridgehead atoms. The molecule has 0 amide bonds. The van der Waals surface area contributed by atoms with E-state index in [9.17, 15) is 4.79 Å². The number of aryl methyl sites for hydroxylation is 1. The number of carbonyl (C=O) groups excluding carboxylic acids is 1. The van der Waals surface area contributed by atoms with Gasteiger partial charge in [-0.25, -0.2) is 0 Å². The van der Waals surface area contributed by atoms with Gasteiger partial charge in [-0.15, -0.1) is 11.8 Å². The SMILES string of the molecule is C=C(C)SC(Cc1ccc(CCCN(C)/C(C)=C/C=C\C=C\CCC)cc1)C(C)=O. The zero-order valence-electron chi connectivity index (χ0n) is 19.5. The van der Waals surface area contributed by atoms with Gasteiger partial charge in [0.05, 0.1) is 5.25 Å². The first-order valence-electron chi connectivity index (χ1n) is 10.9. The van der Waals surface area contributed by atoms with Gasteiger partial charge in [-0.1, -0.05) is 68.5 Å². The molecule has 3 heteroatoms. The van der Waals surface area contributed by atoms with Crippen LogP contribution in [0.2, 0.25) is 0 Å². The normalized spacial score (nSPS) is 13.2. The van der Waals surface area contributed by atoms with Crippen LogP contribution in [-0.4, -0.2) is 29.5 Å². The summed E-state index contributed by atoms with van der Waals surface area (Å²) < 4.78 is 0. The molecule has 30 heavy (non-hydrogen) atoms. The summed E-state index contributed by atoms with van der Waals surface area (Å²) in [4.78, 5) is 15.2. The van der Waals surface area contributed by atoms with Crippen LogP contribution in [0.15, 0.2) is 71.8 Å². The smallest absolute Gasteiger partial charge is 0.143 e. The average molecular weight is 426 g/mol.